The Balaban J connectivity index is 2.09. The van der Waals surface area contributed by atoms with E-state index in [9.17, 15) is 4.79 Å². The van der Waals surface area contributed by atoms with E-state index in [1.165, 1.54) is 0 Å². The van der Waals surface area contributed by atoms with Crippen LogP contribution in [0.1, 0.15) is 29.3 Å². The number of piperazine rings is 1. The van der Waals surface area contributed by atoms with Crippen molar-refractivity contribution in [2.45, 2.75) is 20.3 Å². The zero-order valence-electron chi connectivity index (χ0n) is 11.7. The van der Waals surface area contributed by atoms with Crippen molar-refractivity contribution in [3.63, 3.8) is 0 Å². The smallest absolute Gasteiger partial charge is 0.254 e. The molecule has 1 N–H and O–H groups in total. The van der Waals surface area contributed by atoms with Crippen LogP contribution in [0.3, 0.4) is 0 Å². The van der Waals surface area contributed by atoms with Crippen LogP contribution in [0, 0.1) is 6.92 Å². The van der Waals surface area contributed by atoms with E-state index in [4.69, 9.17) is 4.74 Å². The maximum atomic E-state index is 12.4. The summed E-state index contributed by atoms with van der Waals surface area (Å²) in [5.74, 6) is 0.970. The molecule has 1 fully saturated rings. The topological polar surface area (TPSA) is 41.6 Å². The van der Waals surface area contributed by atoms with Gasteiger partial charge in [0, 0.05) is 31.7 Å². The molecule has 4 nitrogen and oxygen atoms in total. The molecule has 0 unspecified atom stereocenters. The molecule has 104 valence electrons. The van der Waals surface area contributed by atoms with Gasteiger partial charge in [-0.3, -0.25) is 4.79 Å². The molecule has 1 saturated heterocycles. The molecule has 1 aliphatic heterocycles. The van der Waals surface area contributed by atoms with Crippen LogP contribution >= 0.6 is 0 Å². The molecule has 2 rings (SSSR count). The number of hydrogen-bond donors (Lipinski definition) is 1. The van der Waals surface area contributed by atoms with Crippen LogP contribution in [0.5, 0.6) is 5.75 Å². The maximum absolute atomic E-state index is 12.4. The summed E-state index contributed by atoms with van der Waals surface area (Å²) in [4.78, 5) is 14.3. The minimum Gasteiger partial charge on any atom is -0.494 e. The second kappa shape index (κ2) is 6.57. The summed E-state index contributed by atoms with van der Waals surface area (Å²) in [6, 6.07) is 5.72. The van der Waals surface area contributed by atoms with Gasteiger partial charge >= 0.3 is 0 Å². The molecule has 1 aromatic carbocycles. The number of ether oxygens (including phenoxy) is 1. The van der Waals surface area contributed by atoms with Crippen LogP contribution in [0.4, 0.5) is 0 Å². The monoisotopic (exact) mass is 262 g/mol. The SMILES string of the molecule is CCCOc1ccc(C(=O)N2CCNCC2)c(C)c1. The zero-order valence-corrected chi connectivity index (χ0v) is 11.7. The highest BCUT2D eigenvalue weighted by molar-refractivity contribution is 5.95. The quantitative estimate of drug-likeness (QED) is 0.900. The van der Waals surface area contributed by atoms with Crippen LogP contribution in [-0.2, 0) is 0 Å². The summed E-state index contributed by atoms with van der Waals surface area (Å²) >= 11 is 0. The number of carbonyl (C=O) groups excluding carboxylic acids is 1. The first-order valence-electron chi connectivity index (χ1n) is 6.96. The third-order valence-corrected chi connectivity index (χ3v) is 3.31. The van der Waals surface area contributed by atoms with Gasteiger partial charge in [-0.2, -0.15) is 0 Å². The Morgan fingerprint density at radius 3 is 2.74 bits per heavy atom. The number of carbonyl (C=O) groups is 1. The lowest BCUT2D eigenvalue weighted by Gasteiger charge is -2.28. The predicted molar refractivity (Wildman–Crippen MR) is 75.7 cm³/mol. The molecule has 0 radical (unpaired) electrons. The summed E-state index contributed by atoms with van der Waals surface area (Å²) in [6.07, 6.45) is 0.987. The van der Waals surface area contributed by atoms with Crippen LogP contribution in [0.15, 0.2) is 18.2 Å². The molecule has 1 heterocycles. The Kier molecular flexibility index (Phi) is 4.80. The number of rotatable bonds is 4. The van der Waals surface area contributed by atoms with E-state index in [2.05, 4.69) is 12.2 Å². The van der Waals surface area contributed by atoms with Crippen molar-refractivity contribution >= 4 is 5.91 Å². The molecule has 0 aliphatic carbocycles. The lowest BCUT2D eigenvalue weighted by molar-refractivity contribution is 0.0735. The van der Waals surface area contributed by atoms with Crippen molar-refractivity contribution in [2.24, 2.45) is 0 Å². The molecule has 0 aromatic heterocycles. The first-order valence-corrected chi connectivity index (χ1v) is 6.96. The zero-order chi connectivity index (χ0) is 13.7. The highest BCUT2D eigenvalue weighted by Crippen LogP contribution is 2.19. The van der Waals surface area contributed by atoms with Gasteiger partial charge in [-0.05, 0) is 37.1 Å². The fourth-order valence-corrected chi connectivity index (χ4v) is 2.22. The third-order valence-electron chi connectivity index (χ3n) is 3.31. The minimum atomic E-state index is 0.126. The van der Waals surface area contributed by atoms with Gasteiger partial charge in [0.25, 0.3) is 5.91 Å². The number of nitrogens with zero attached hydrogens (tertiary/aromatic N) is 1. The Bertz CT molecular complexity index is 440. The van der Waals surface area contributed by atoms with Gasteiger partial charge in [0.15, 0.2) is 0 Å². The van der Waals surface area contributed by atoms with E-state index in [0.717, 1.165) is 49.5 Å². The lowest BCUT2D eigenvalue weighted by atomic mass is 10.1. The standard InChI is InChI=1S/C15H22N2O2/c1-3-10-19-13-4-5-14(12(2)11-13)15(18)17-8-6-16-7-9-17/h4-5,11,16H,3,6-10H2,1-2H3. The van der Waals surface area contributed by atoms with Gasteiger partial charge in [0.2, 0.25) is 0 Å². The Morgan fingerprint density at radius 2 is 2.11 bits per heavy atom. The van der Waals surface area contributed by atoms with E-state index in [-0.39, 0.29) is 5.91 Å². The van der Waals surface area contributed by atoms with Crippen molar-refractivity contribution < 1.29 is 9.53 Å². The van der Waals surface area contributed by atoms with Gasteiger partial charge in [-0.1, -0.05) is 6.92 Å². The van der Waals surface area contributed by atoms with Crippen LogP contribution < -0.4 is 10.1 Å². The molecule has 0 spiro atoms. The van der Waals surface area contributed by atoms with Gasteiger partial charge in [-0.25, -0.2) is 0 Å². The molecule has 19 heavy (non-hydrogen) atoms. The first-order chi connectivity index (χ1) is 9.22. The van der Waals surface area contributed by atoms with Gasteiger partial charge in [-0.15, -0.1) is 0 Å². The molecule has 0 saturated carbocycles. The molecule has 0 bridgehead atoms. The highest BCUT2D eigenvalue weighted by Gasteiger charge is 2.19. The molecule has 1 amide bonds. The Labute approximate surface area is 114 Å². The van der Waals surface area contributed by atoms with E-state index >= 15 is 0 Å². The summed E-state index contributed by atoms with van der Waals surface area (Å²) in [5, 5.41) is 3.25. The average molecular weight is 262 g/mol. The Hall–Kier alpha value is -1.55. The van der Waals surface area contributed by atoms with Crippen molar-refractivity contribution in [1.82, 2.24) is 10.2 Å². The maximum Gasteiger partial charge on any atom is 0.254 e. The molecular formula is C15H22N2O2. The molecule has 1 aromatic rings. The number of benzene rings is 1. The number of hydrogen-bond acceptors (Lipinski definition) is 3. The van der Waals surface area contributed by atoms with Crippen molar-refractivity contribution in [3.05, 3.63) is 29.3 Å². The second-order valence-corrected chi connectivity index (χ2v) is 4.87. The molecule has 1 aliphatic rings. The Morgan fingerprint density at radius 1 is 1.37 bits per heavy atom. The number of nitrogens with one attached hydrogen (secondary N) is 1. The number of amides is 1. The van der Waals surface area contributed by atoms with Gasteiger partial charge in [0.05, 0.1) is 6.61 Å². The summed E-state index contributed by atoms with van der Waals surface area (Å²) in [5.41, 5.74) is 1.77. The van der Waals surface area contributed by atoms with E-state index in [0.29, 0.717) is 6.61 Å². The minimum absolute atomic E-state index is 0.126. The average Bonchev–Trinajstić information content (AvgIpc) is 2.45. The predicted octanol–water partition coefficient (Wildman–Crippen LogP) is 1.83. The van der Waals surface area contributed by atoms with Crippen molar-refractivity contribution in [1.29, 1.82) is 0 Å². The summed E-state index contributed by atoms with van der Waals surface area (Å²) < 4.78 is 5.58. The third kappa shape index (κ3) is 3.47. The first kappa shape index (κ1) is 13.9. The van der Waals surface area contributed by atoms with Crippen molar-refractivity contribution in [3.8, 4) is 5.75 Å². The normalized spacial score (nSPS) is 15.4. The lowest BCUT2D eigenvalue weighted by Crippen LogP contribution is -2.46. The van der Waals surface area contributed by atoms with Crippen LogP contribution in [-0.4, -0.2) is 43.6 Å². The van der Waals surface area contributed by atoms with E-state index in [1.807, 2.05) is 30.0 Å². The molecular weight excluding hydrogens is 240 g/mol. The highest BCUT2D eigenvalue weighted by atomic mass is 16.5. The fourth-order valence-electron chi connectivity index (χ4n) is 2.22. The largest absolute Gasteiger partial charge is 0.494 e. The van der Waals surface area contributed by atoms with Crippen LogP contribution in [0.25, 0.3) is 0 Å². The fraction of sp³-hybridized carbons (Fsp3) is 0.533. The molecule has 0 atom stereocenters. The van der Waals surface area contributed by atoms with Gasteiger partial charge in [0.1, 0.15) is 5.75 Å². The summed E-state index contributed by atoms with van der Waals surface area (Å²) in [6.45, 7) is 8.08. The van der Waals surface area contributed by atoms with E-state index < -0.39 is 0 Å². The van der Waals surface area contributed by atoms with E-state index in [1.54, 1.807) is 0 Å². The molecule has 4 heteroatoms. The number of aryl methyl sites for hydroxylation is 1. The van der Waals surface area contributed by atoms with Crippen LogP contribution in [0.2, 0.25) is 0 Å². The van der Waals surface area contributed by atoms with Gasteiger partial charge < -0.3 is 15.0 Å². The van der Waals surface area contributed by atoms with Crippen molar-refractivity contribution in [2.75, 3.05) is 32.8 Å². The summed E-state index contributed by atoms with van der Waals surface area (Å²) in [7, 11) is 0. The second-order valence-electron chi connectivity index (χ2n) is 4.87.